The second-order valence-corrected chi connectivity index (χ2v) is 17.3. The van der Waals surface area contributed by atoms with Crippen LogP contribution in [0.4, 0.5) is 0 Å². The van der Waals surface area contributed by atoms with Crippen LogP contribution in [0, 0.1) is 0 Å². The van der Waals surface area contributed by atoms with E-state index >= 15 is 0 Å². The summed E-state index contributed by atoms with van der Waals surface area (Å²) in [7, 11) is 0. The summed E-state index contributed by atoms with van der Waals surface area (Å²) < 4.78 is 0. The largest absolute Gasteiger partial charge is 0.481 e. The molecule has 0 aliphatic rings. The van der Waals surface area contributed by atoms with Crippen LogP contribution < -0.4 is 0 Å². The maximum atomic E-state index is 10.3. The Morgan fingerprint density at radius 3 is 0.538 bits per heavy atom. The van der Waals surface area contributed by atoms with Gasteiger partial charge in [-0.1, -0.05) is 205 Å². The van der Waals surface area contributed by atoms with E-state index in [-0.39, 0.29) is 21.1 Å². The minimum Gasteiger partial charge on any atom is -0.481 e. The Labute approximate surface area is 415 Å². The van der Waals surface area contributed by atoms with Crippen LogP contribution in [0.3, 0.4) is 0 Å². The van der Waals surface area contributed by atoms with Gasteiger partial charge >= 0.3 is 23.9 Å². The summed E-state index contributed by atoms with van der Waals surface area (Å²) in [6.45, 7) is 8.85. The minimum atomic E-state index is -0.668. The van der Waals surface area contributed by atoms with E-state index in [4.69, 9.17) is 20.4 Å². The van der Waals surface area contributed by atoms with Crippen LogP contribution in [-0.2, 0) is 40.2 Å². The number of hydrogen-bond donors (Lipinski definition) is 4. The molecular formula is C56H104O8W. The predicted molar refractivity (Wildman–Crippen MR) is 274 cm³/mol. The van der Waals surface area contributed by atoms with Crippen molar-refractivity contribution in [3.05, 3.63) is 48.6 Å². The van der Waals surface area contributed by atoms with Gasteiger partial charge in [0, 0.05) is 46.7 Å². The van der Waals surface area contributed by atoms with Crippen molar-refractivity contribution >= 4 is 23.9 Å². The number of unbranched alkanes of at least 4 members (excludes halogenated alkanes) is 28. The fraction of sp³-hybridized carbons (Fsp3) is 0.786. The Morgan fingerprint density at radius 2 is 0.385 bits per heavy atom. The first kappa shape index (κ1) is 71.5. The Hall–Kier alpha value is -2.47. The Kier molecular flexibility index (Phi) is 75.0. The van der Waals surface area contributed by atoms with E-state index in [1.807, 2.05) is 0 Å². The summed E-state index contributed by atoms with van der Waals surface area (Å²) in [6, 6.07) is 0. The van der Waals surface area contributed by atoms with Gasteiger partial charge in [-0.05, 0) is 103 Å². The number of rotatable bonds is 44. The van der Waals surface area contributed by atoms with E-state index in [2.05, 4.69) is 76.3 Å². The van der Waals surface area contributed by atoms with Crippen LogP contribution in [0.2, 0.25) is 0 Å². The zero-order valence-electron chi connectivity index (χ0n) is 42.7. The SMILES string of the molecule is CCCC/C=C\CCCCCCCC(=O)O.CCCC/C=C\CCCCCCCC(=O)O.CCCC/C=C\CCCCCCCC(=O)O.CCCC/C=C\CCCCCCCC(=O)O.[W]. The zero-order chi connectivity index (χ0) is 48.3. The van der Waals surface area contributed by atoms with E-state index in [0.717, 1.165) is 51.4 Å². The van der Waals surface area contributed by atoms with Crippen molar-refractivity contribution in [2.45, 2.75) is 285 Å². The standard InChI is InChI=1S/4C14H26O2.W/c4*1-2-3-4-5-6-7-8-9-10-11-12-13-14(15)16;/h4*5-6H,2-4,7-13H2,1H3,(H,15,16);/b4*6-5-;. The molecule has 0 aliphatic heterocycles. The summed E-state index contributed by atoms with van der Waals surface area (Å²) in [4.78, 5) is 41.0. The molecule has 382 valence electrons. The van der Waals surface area contributed by atoms with Crippen LogP contribution in [0.5, 0.6) is 0 Å². The fourth-order valence-electron chi connectivity index (χ4n) is 6.51. The molecule has 0 rings (SSSR count). The molecule has 0 unspecified atom stereocenters. The molecule has 0 aliphatic carbocycles. The van der Waals surface area contributed by atoms with E-state index in [1.165, 1.54) is 180 Å². The van der Waals surface area contributed by atoms with Gasteiger partial charge in [-0.3, -0.25) is 19.2 Å². The quantitative estimate of drug-likeness (QED) is 0.0348. The van der Waals surface area contributed by atoms with Crippen molar-refractivity contribution in [2.75, 3.05) is 0 Å². The van der Waals surface area contributed by atoms with E-state index < -0.39 is 23.9 Å². The summed E-state index contributed by atoms with van der Waals surface area (Å²) in [5.41, 5.74) is 0. The average molecular weight is 1090 g/mol. The number of carboxylic acids is 4. The van der Waals surface area contributed by atoms with Crippen LogP contribution in [-0.4, -0.2) is 44.3 Å². The molecule has 9 heteroatoms. The number of carbonyl (C=O) groups is 4. The van der Waals surface area contributed by atoms with Crippen molar-refractivity contribution in [2.24, 2.45) is 0 Å². The van der Waals surface area contributed by atoms with Gasteiger partial charge in [0.2, 0.25) is 0 Å². The third kappa shape index (κ3) is 88.9. The third-order valence-corrected chi connectivity index (χ3v) is 10.6. The molecule has 0 heterocycles. The molecular weight excluding hydrogens is 984 g/mol. The van der Waals surface area contributed by atoms with E-state index in [0.29, 0.717) is 25.7 Å². The Balaban J connectivity index is -0.000000245. The van der Waals surface area contributed by atoms with Crippen LogP contribution in [0.25, 0.3) is 0 Å². The molecule has 8 nitrogen and oxygen atoms in total. The molecule has 0 atom stereocenters. The number of hydrogen-bond acceptors (Lipinski definition) is 4. The van der Waals surface area contributed by atoms with Crippen molar-refractivity contribution < 1.29 is 60.7 Å². The third-order valence-electron chi connectivity index (χ3n) is 10.6. The first-order chi connectivity index (χ1) is 31.1. The molecule has 4 N–H and O–H groups in total. The molecule has 65 heavy (non-hydrogen) atoms. The zero-order valence-corrected chi connectivity index (χ0v) is 45.7. The van der Waals surface area contributed by atoms with Gasteiger partial charge in [0.25, 0.3) is 0 Å². The first-order valence-electron chi connectivity index (χ1n) is 26.6. The number of carboxylic acid groups (broad SMARTS) is 4. The second-order valence-electron chi connectivity index (χ2n) is 17.3. The molecule has 0 saturated carbocycles. The van der Waals surface area contributed by atoms with E-state index in [1.54, 1.807) is 0 Å². The molecule has 0 bridgehead atoms. The predicted octanol–water partition coefficient (Wildman–Crippen LogP) is 18.2. The molecule has 0 saturated heterocycles. The van der Waals surface area contributed by atoms with Gasteiger partial charge < -0.3 is 20.4 Å². The van der Waals surface area contributed by atoms with Gasteiger partial charge in [0.15, 0.2) is 0 Å². The van der Waals surface area contributed by atoms with Gasteiger partial charge in [0.1, 0.15) is 0 Å². The normalized spacial score (nSPS) is 10.9. The minimum absolute atomic E-state index is 0. The second kappa shape index (κ2) is 68.1. The summed E-state index contributed by atoms with van der Waals surface area (Å²) in [5.74, 6) is -2.67. The molecule has 0 aromatic rings. The fourth-order valence-corrected chi connectivity index (χ4v) is 6.51. The van der Waals surface area contributed by atoms with Crippen LogP contribution in [0.1, 0.15) is 285 Å². The van der Waals surface area contributed by atoms with Gasteiger partial charge in [-0.15, -0.1) is 0 Å². The van der Waals surface area contributed by atoms with Crippen LogP contribution in [0.15, 0.2) is 48.6 Å². The van der Waals surface area contributed by atoms with Gasteiger partial charge in [0.05, 0.1) is 0 Å². The smallest absolute Gasteiger partial charge is 0.303 e. The molecule has 0 radical (unpaired) electrons. The summed E-state index contributed by atoms with van der Waals surface area (Å²) in [5, 5.41) is 33.8. The molecule has 0 aromatic carbocycles. The van der Waals surface area contributed by atoms with E-state index in [9.17, 15) is 19.2 Å². The van der Waals surface area contributed by atoms with Gasteiger partial charge in [-0.2, -0.15) is 0 Å². The maximum Gasteiger partial charge on any atom is 0.303 e. The Bertz CT molecular complexity index is 916. The van der Waals surface area contributed by atoms with Crippen molar-refractivity contribution in [3.63, 3.8) is 0 Å². The topological polar surface area (TPSA) is 149 Å². The number of aliphatic carboxylic acids is 4. The van der Waals surface area contributed by atoms with Crippen molar-refractivity contribution in [1.82, 2.24) is 0 Å². The van der Waals surface area contributed by atoms with Gasteiger partial charge in [-0.25, -0.2) is 0 Å². The first-order valence-corrected chi connectivity index (χ1v) is 26.6. The van der Waals surface area contributed by atoms with Crippen molar-refractivity contribution in [1.29, 1.82) is 0 Å². The Morgan fingerprint density at radius 1 is 0.246 bits per heavy atom. The van der Waals surface area contributed by atoms with Crippen LogP contribution >= 0.6 is 0 Å². The molecule has 0 amide bonds. The average Bonchev–Trinajstić information content (AvgIpc) is 3.26. The molecule has 0 fully saturated rings. The maximum absolute atomic E-state index is 10.3. The monoisotopic (exact) mass is 1090 g/mol. The van der Waals surface area contributed by atoms with Crippen molar-refractivity contribution in [3.8, 4) is 0 Å². The summed E-state index contributed by atoms with van der Waals surface area (Å²) >= 11 is 0. The number of allylic oxidation sites excluding steroid dienone is 8. The summed E-state index contributed by atoms with van der Waals surface area (Å²) in [6.07, 6.45) is 61.7. The molecule has 0 spiro atoms. The molecule has 0 aromatic heterocycles.